The Hall–Kier alpha value is -2.90. The van der Waals surface area contributed by atoms with Crippen LogP contribution in [-0.4, -0.2) is 42.0 Å². The van der Waals surface area contributed by atoms with Crippen LogP contribution in [0.4, 0.5) is 0 Å². The van der Waals surface area contributed by atoms with Gasteiger partial charge in [-0.2, -0.15) is 11.3 Å². The summed E-state index contributed by atoms with van der Waals surface area (Å²) in [7, 11) is 0. The van der Waals surface area contributed by atoms with Crippen LogP contribution >= 0.6 is 11.3 Å². The highest BCUT2D eigenvalue weighted by Crippen LogP contribution is 2.31. The zero-order valence-corrected chi connectivity index (χ0v) is 17.5. The van der Waals surface area contributed by atoms with E-state index in [0.717, 1.165) is 29.0 Å². The molecule has 156 valence electrons. The highest BCUT2D eigenvalue weighted by molar-refractivity contribution is 7.07. The van der Waals surface area contributed by atoms with Crippen molar-refractivity contribution in [2.24, 2.45) is 0 Å². The first-order valence-corrected chi connectivity index (χ1v) is 11.0. The van der Waals surface area contributed by atoms with E-state index in [1.165, 1.54) is 0 Å². The van der Waals surface area contributed by atoms with Crippen molar-refractivity contribution in [3.05, 3.63) is 76.7 Å². The average molecular weight is 424 g/mol. The van der Waals surface area contributed by atoms with E-state index in [9.17, 15) is 4.79 Å². The van der Waals surface area contributed by atoms with Crippen molar-refractivity contribution >= 4 is 17.2 Å². The second-order valence-corrected chi connectivity index (χ2v) is 7.96. The molecule has 0 aliphatic carbocycles. The summed E-state index contributed by atoms with van der Waals surface area (Å²) in [6, 6.07) is 13.8. The van der Waals surface area contributed by atoms with Crippen molar-refractivity contribution in [2.45, 2.75) is 19.1 Å². The van der Waals surface area contributed by atoms with E-state index < -0.39 is 0 Å². The van der Waals surface area contributed by atoms with E-state index in [4.69, 9.17) is 9.47 Å². The Labute approximate surface area is 180 Å². The van der Waals surface area contributed by atoms with Gasteiger partial charge in [0.15, 0.2) is 0 Å². The first-order chi connectivity index (χ1) is 14.8. The normalized spacial score (nSPS) is 16.2. The highest BCUT2D eigenvalue weighted by Gasteiger charge is 2.25. The summed E-state index contributed by atoms with van der Waals surface area (Å²) in [5.41, 5.74) is 2.25. The zero-order valence-electron chi connectivity index (χ0n) is 16.7. The predicted molar refractivity (Wildman–Crippen MR) is 117 cm³/mol. The van der Waals surface area contributed by atoms with Crippen LogP contribution < -0.4 is 14.8 Å². The third kappa shape index (κ3) is 5.58. The summed E-state index contributed by atoms with van der Waals surface area (Å²) in [6.45, 7) is 2.81. The van der Waals surface area contributed by atoms with Crippen LogP contribution in [0, 0.1) is 0 Å². The summed E-state index contributed by atoms with van der Waals surface area (Å²) in [4.78, 5) is 18.7. The molecular formula is C23H25N3O3S. The number of thiophene rings is 1. The molecule has 3 aromatic rings. The number of ether oxygens (including phenoxy) is 2. The molecule has 4 rings (SSSR count). The molecule has 0 fully saturated rings. The standard InChI is InChI=1S/C23H25N3O3S/c27-23(25-10-4-11-28-20-6-3-9-24-13-20)16-26-14-18-5-1-2-7-21(18)29-22(15-26)19-8-12-30-17-19/h1-3,5-9,12-13,17,22H,4,10-11,14-16H2,(H,25,27). The first-order valence-electron chi connectivity index (χ1n) is 10.1. The maximum atomic E-state index is 12.5. The highest BCUT2D eigenvalue weighted by atomic mass is 32.1. The molecule has 6 nitrogen and oxygen atoms in total. The van der Waals surface area contributed by atoms with Crippen LogP contribution in [0.15, 0.2) is 65.6 Å². The quantitative estimate of drug-likeness (QED) is 0.560. The molecule has 1 N–H and O–H groups in total. The number of amides is 1. The topological polar surface area (TPSA) is 63.7 Å². The number of carbonyl (C=O) groups is 1. The Kier molecular flexibility index (Phi) is 6.95. The van der Waals surface area contributed by atoms with Gasteiger partial charge in [0.1, 0.15) is 17.6 Å². The lowest BCUT2D eigenvalue weighted by molar-refractivity contribution is -0.122. The number of nitrogens with zero attached hydrogens (tertiary/aromatic N) is 2. The molecule has 1 aromatic carbocycles. The summed E-state index contributed by atoms with van der Waals surface area (Å²) >= 11 is 1.66. The largest absolute Gasteiger partial charge is 0.492 e. The van der Waals surface area contributed by atoms with Crippen molar-refractivity contribution in [3.63, 3.8) is 0 Å². The molecule has 1 atom stereocenters. The number of aromatic nitrogens is 1. The minimum atomic E-state index is -0.0828. The van der Waals surface area contributed by atoms with Crippen LogP contribution in [-0.2, 0) is 11.3 Å². The van der Waals surface area contributed by atoms with Crippen molar-refractivity contribution in [2.75, 3.05) is 26.2 Å². The van der Waals surface area contributed by atoms with Gasteiger partial charge in [0.05, 0.1) is 19.3 Å². The summed E-state index contributed by atoms with van der Waals surface area (Å²) in [5, 5.41) is 7.16. The lowest BCUT2D eigenvalue weighted by atomic mass is 10.2. The SMILES string of the molecule is O=C(CN1Cc2ccccc2OC(c2ccsc2)C1)NCCCOc1cccnc1. The zero-order chi connectivity index (χ0) is 20.6. The molecule has 3 heterocycles. The van der Waals surface area contributed by atoms with Gasteiger partial charge in [-0.05, 0) is 41.4 Å². The van der Waals surface area contributed by atoms with Gasteiger partial charge in [-0.25, -0.2) is 0 Å². The minimum absolute atomic E-state index is 0.0137. The fraction of sp³-hybridized carbons (Fsp3) is 0.304. The number of pyridine rings is 1. The van der Waals surface area contributed by atoms with Crippen molar-refractivity contribution < 1.29 is 14.3 Å². The fourth-order valence-electron chi connectivity index (χ4n) is 3.41. The monoisotopic (exact) mass is 423 g/mol. The second kappa shape index (κ2) is 10.2. The fourth-order valence-corrected chi connectivity index (χ4v) is 4.12. The summed E-state index contributed by atoms with van der Waals surface area (Å²) < 4.78 is 11.9. The predicted octanol–water partition coefficient (Wildman–Crippen LogP) is 3.66. The number of carbonyl (C=O) groups excluding carboxylic acids is 1. The average Bonchev–Trinajstić information content (AvgIpc) is 3.23. The van der Waals surface area contributed by atoms with Gasteiger partial charge in [-0.1, -0.05) is 18.2 Å². The maximum Gasteiger partial charge on any atom is 0.234 e. The van der Waals surface area contributed by atoms with E-state index in [1.807, 2.05) is 30.3 Å². The molecule has 0 spiro atoms. The second-order valence-electron chi connectivity index (χ2n) is 7.18. The third-order valence-electron chi connectivity index (χ3n) is 4.89. The van der Waals surface area contributed by atoms with Gasteiger partial charge in [0.2, 0.25) is 5.91 Å². The van der Waals surface area contributed by atoms with E-state index in [-0.39, 0.29) is 12.0 Å². The smallest absolute Gasteiger partial charge is 0.234 e. The molecule has 0 saturated heterocycles. The van der Waals surface area contributed by atoms with Gasteiger partial charge >= 0.3 is 0 Å². The summed E-state index contributed by atoms with van der Waals surface area (Å²) in [5.74, 6) is 1.65. The van der Waals surface area contributed by atoms with Gasteiger partial charge < -0.3 is 14.8 Å². The Morgan fingerprint density at radius 3 is 3.03 bits per heavy atom. The Balaban J connectivity index is 1.28. The number of rotatable bonds is 8. The summed E-state index contributed by atoms with van der Waals surface area (Å²) in [6.07, 6.45) is 4.05. The molecule has 1 unspecified atom stereocenters. The molecule has 1 aliphatic heterocycles. The maximum absolute atomic E-state index is 12.5. The molecule has 1 aliphatic rings. The van der Waals surface area contributed by atoms with Crippen LogP contribution in [0.1, 0.15) is 23.7 Å². The van der Waals surface area contributed by atoms with Crippen LogP contribution in [0.25, 0.3) is 0 Å². The molecule has 0 radical (unpaired) electrons. The van der Waals surface area contributed by atoms with Crippen molar-refractivity contribution in [3.8, 4) is 11.5 Å². The first kappa shape index (κ1) is 20.4. The van der Waals surface area contributed by atoms with Crippen LogP contribution in [0.5, 0.6) is 11.5 Å². The molecule has 7 heteroatoms. The number of hydrogen-bond donors (Lipinski definition) is 1. The molecular weight excluding hydrogens is 398 g/mol. The van der Waals surface area contributed by atoms with E-state index in [2.05, 4.69) is 38.1 Å². The molecule has 0 bridgehead atoms. The number of para-hydroxylation sites is 1. The Morgan fingerprint density at radius 2 is 2.20 bits per heavy atom. The molecule has 1 amide bonds. The van der Waals surface area contributed by atoms with E-state index >= 15 is 0 Å². The van der Waals surface area contributed by atoms with E-state index in [0.29, 0.717) is 32.8 Å². The van der Waals surface area contributed by atoms with Crippen LogP contribution in [0.3, 0.4) is 0 Å². The van der Waals surface area contributed by atoms with Crippen molar-refractivity contribution in [1.82, 2.24) is 15.2 Å². The lowest BCUT2D eigenvalue weighted by Crippen LogP contribution is -2.39. The third-order valence-corrected chi connectivity index (χ3v) is 5.59. The van der Waals surface area contributed by atoms with Gasteiger partial charge in [0, 0.05) is 37.0 Å². The Bertz CT molecular complexity index is 934. The Morgan fingerprint density at radius 1 is 1.27 bits per heavy atom. The molecule has 0 saturated carbocycles. The number of nitrogens with one attached hydrogen (secondary N) is 1. The van der Waals surface area contributed by atoms with E-state index in [1.54, 1.807) is 23.7 Å². The lowest BCUT2D eigenvalue weighted by Gasteiger charge is -2.23. The van der Waals surface area contributed by atoms with Gasteiger partial charge in [-0.15, -0.1) is 0 Å². The van der Waals surface area contributed by atoms with Crippen molar-refractivity contribution in [1.29, 1.82) is 0 Å². The number of fused-ring (bicyclic) bond motifs is 1. The molecule has 2 aromatic heterocycles. The van der Waals surface area contributed by atoms with Gasteiger partial charge in [-0.3, -0.25) is 14.7 Å². The number of benzene rings is 1. The minimum Gasteiger partial charge on any atom is -0.492 e. The molecule has 30 heavy (non-hydrogen) atoms. The number of hydrogen-bond acceptors (Lipinski definition) is 6. The van der Waals surface area contributed by atoms with Gasteiger partial charge in [0.25, 0.3) is 0 Å². The van der Waals surface area contributed by atoms with Crippen LogP contribution in [0.2, 0.25) is 0 Å².